The number of rotatable bonds is 66. The Kier molecular flexibility index (Phi) is 67.6. The Labute approximate surface area is 510 Å². The highest BCUT2D eigenvalue weighted by atomic mass is 16.6. The summed E-state index contributed by atoms with van der Waals surface area (Å²) in [6.07, 6.45) is 92.1. The van der Waals surface area contributed by atoms with Crippen molar-refractivity contribution in [2.45, 2.75) is 380 Å². The summed E-state index contributed by atoms with van der Waals surface area (Å²) in [6.45, 7) is 6.56. The highest BCUT2D eigenvalue weighted by Crippen LogP contribution is 2.18. The maximum absolute atomic E-state index is 13.0. The van der Waals surface area contributed by atoms with E-state index in [1.54, 1.807) is 0 Å². The number of unbranched alkanes of at least 4 members (excludes halogenated alkanes) is 43. The van der Waals surface area contributed by atoms with Crippen molar-refractivity contribution in [1.29, 1.82) is 0 Å². The number of ether oxygens (including phenoxy) is 3. The van der Waals surface area contributed by atoms with Crippen LogP contribution in [0.4, 0.5) is 0 Å². The zero-order chi connectivity index (χ0) is 59.2. The second-order valence-corrected chi connectivity index (χ2v) is 24.1. The van der Waals surface area contributed by atoms with Gasteiger partial charge in [0, 0.05) is 19.3 Å². The first-order chi connectivity index (χ1) is 40.5. The van der Waals surface area contributed by atoms with Crippen LogP contribution in [-0.4, -0.2) is 37.2 Å². The SMILES string of the molecule is CC/C=C\C/C=C\C/C=C\C/C=C\CCCCCCCCCCCCCCCCC(=O)OCC(COC(=O)CCCCCCCCC/C=C\C/C=C\CCCCC)OC(=O)CCCCCCCCCCCCCCCCCCCCCC. The molecular formula is C76H136O6. The van der Waals surface area contributed by atoms with E-state index in [0.717, 1.165) is 96.3 Å². The van der Waals surface area contributed by atoms with Gasteiger partial charge in [-0.2, -0.15) is 0 Å². The third kappa shape index (κ3) is 67.6. The van der Waals surface area contributed by atoms with Gasteiger partial charge in [0.25, 0.3) is 0 Å². The van der Waals surface area contributed by atoms with E-state index in [1.165, 1.54) is 238 Å². The normalized spacial score (nSPS) is 12.5. The quantitative estimate of drug-likeness (QED) is 0.0261. The molecule has 0 saturated carbocycles. The molecule has 0 aliphatic carbocycles. The first-order valence-electron chi connectivity index (χ1n) is 35.9. The summed E-state index contributed by atoms with van der Waals surface area (Å²) >= 11 is 0. The molecule has 6 nitrogen and oxygen atoms in total. The van der Waals surface area contributed by atoms with Gasteiger partial charge in [-0.3, -0.25) is 14.4 Å². The van der Waals surface area contributed by atoms with Gasteiger partial charge in [-0.25, -0.2) is 0 Å². The molecule has 82 heavy (non-hydrogen) atoms. The van der Waals surface area contributed by atoms with Crippen molar-refractivity contribution in [3.8, 4) is 0 Å². The predicted molar refractivity (Wildman–Crippen MR) is 358 cm³/mol. The van der Waals surface area contributed by atoms with Crippen molar-refractivity contribution >= 4 is 17.9 Å². The van der Waals surface area contributed by atoms with Gasteiger partial charge in [0.05, 0.1) is 0 Å². The molecule has 0 amide bonds. The molecule has 0 N–H and O–H groups in total. The third-order valence-corrected chi connectivity index (χ3v) is 15.9. The lowest BCUT2D eigenvalue weighted by Crippen LogP contribution is -2.30. The minimum Gasteiger partial charge on any atom is -0.462 e. The van der Waals surface area contributed by atoms with Crippen LogP contribution in [0.25, 0.3) is 0 Å². The van der Waals surface area contributed by atoms with Crippen LogP contribution in [0.15, 0.2) is 72.9 Å². The molecule has 0 aromatic heterocycles. The summed E-state index contributed by atoms with van der Waals surface area (Å²) in [5, 5.41) is 0. The average Bonchev–Trinajstić information content (AvgIpc) is 3.47. The third-order valence-electron chi connectivity index (χ3n) is 15.9. The topological polar surface area (TPSA) is 78.9 Å². The minimum atomic E-state index is -0.778. The molecular weight excluding hydrogens is 1010 g/mol. The van der Waals surface area contributed by atoms with E-state index in [4.69, 9.17) is 14.2 Å². The molecule has 1 unspecified atom stereocenters. The first-order valence-corrected chi connectivity index (χ1v) is 35.9. The molecule has 6 heteroatoms. The molecule has 0 heterocycles. The Morgan fingerprint density at radius 2 is 0.476 bits per heavy atom. The van der Waals surface area contributed by atoms with Crippen LogP contribution in [-0.2, 0) is 28.6 Å². The smallest absolute Gasteiger partial charge is 0.306 e. The van der Waals surface area contributed by atoms with E-state index in [1.807, 2.05) is 0 Å². The first kappa shape index (κ1) is 78.8. The number of carbonyl (C=O) groups is 3. The zero-order valence-electron chi connectivity index (χ0n) is 54.8. The summed E-state index contributed by atoms with van der Waals surface area (Å²) in [4.78, 5) is 38.5. The summed E-state index contributed by atoms with van der Waals surface area (Å²) in [5.41, 5.74) is 0. The van der Waals surface area contributed by atoms with Gasteiger partial charge in [0.15, 0.2) is 6.10 Å². The van der Waals surface area contributed by atoms with E-state index in [9.17, 15) is 14.4 Å². The standard InChI is InChI=1S/C76H136O6/c1-4-7-10-13-16-19-22-25-28-31-33-35-36-37-38-39-40-41-43-45-48-51-54-57-60-63-66-69-75(78)81-72-73(71-80-74(77)68-65-62-59-56-53-50-47-44-30-27-24-21-18-15-12-9-6-3)82-76(79)70-67-64-61-58-55-52-49-46-42-34-32-29-26-23-20-17-14-11-8-5-2/h7,10,16,18-19,21,25,27-28,30,33,35,73H,4-6,8-9,11-15,17,20,22-24,26,29,31-32,34,36-72H2,1-3H3/b10-7-,19-16-,21-18-,28-25-,30-27-,35-33-. The molecule has 1 atom stereocenters. The highest BCUT2D eigenvalue weighted by molar-refractivity contribution is 5.71. The number of carbonyl (C=O) groups excluding carboxylic acids is 3. The second kappa shape index (κ2) is 70.3. The van der Waals surface area contributed by atoms with Gasteiger partial charge < -0.3 is 14.2 Å². The van der Waals surface area contributed by atoms with Crippen LogP contribution in [0.3, 0.4) is 0 Å². The van der Waals surface area contributed by atoms with Crippen molar-refractivity contribution in [3.63, 3.8) is 0 Å². The summed E-state index contributed by atoms with van der Waals surface area (Å²) in [5.74, 6) is -0.857. The summed E-state index contributed by atoms with van der Waals surface area (Å²) in [6, 6.07) is 0. The van der Waals surface area contributed by atoms with Crippen molar-refractivity contribution < 1.29 is 28.6 Å². The van der Waals surface area contributed by atoms with Gasteiger partial charge >= 0.3 is 17.9 Å². The molecule has 0 bridgehead atoms. The van der Waals surface area contributed by atoms with Crippen LogP contribution in [0.1, 0.15) is 374 Å². The van der Waals surface area contributed by atoms with Crippen LogP contribution in [0.5, 0.6) is 0 Å². The fourth-order valence-corrected chi connectivity index (χ4v) is 10.6. The largest absolute Gasteiger partial charge is 0.462 e. The summed E-state index contributed by atoms with van der Waals surface area (Å²) < 4.78 is 17.0. The minimum absolute atomic E-state index is 0.0737. The summed E-state index contributed by atoms with van der Waals surface area (Å²) in [7, 11) is 0. The molecule has 0 spiro atoms. The molecule has 0 aromatic carbocycles. The van der Waals surface area contributed by atoms with Crippen LogP contribution in [0.2, 0.25) is 0 Å². The molecule has 0 aromatic rings. The van der Waals surface area contributed by atoms with E-state index in [-0.39, 0.29) is 31.1 Å². The van der Waals surface area contributed by atoms with E-state index >= 15 is 0 Å². The van der Waals surface area contributed by atoms with E-state index in [2.05, 4.69) is 93.7 Å². The number of hydrogen-bond donors (Lipinski definition) is 0. The van der Waals surface area contributed by atoms with Crippen molar-refractivity contribution in [1.82, 2.24) is 0 Å². The molecule has 0 fully saturated rings. The van der Waals surface area contributed by atoms with Gasteiger partial charge in [0.1, 0.15) is 13.2 Å². The van der Waals surface area contributed by atoms with Gasteiger partial charge in [-0.15, -0.1) is 0 Å². The van der Waals surface area contributed by atoms with Gasteiger partial charge in [-0.05, 0) is 89.9 Å². The molecule has 0 radical (unpaired) electrons. The fraction of sp³-hybridized carbons (Fsp3) is 0.803. The Bertz CT molecular complexity index is 1500. The predicted octanol–water partition coefficient (Wildman–Crippen LogP) is 24.8. The lowest BCUT2D eigenvalue weighted by Gasteiger charge is -2.18. The second-order valence-electron chi connectivity index (χ2n) is 24.1. The lowest BCUT2D eigenvalue weighted by atomic mass is 10.0. The lowest BCUT2D eigenvalue weighted by molar-refractivity contribution is -0.167. The monoisotopic (exact) mass is 1150 g/mol. The number of esters is 3. The Morgan fingerprint density at radius 3 is 0.768 bits per heavy atom. The fourth-order valence-electron chi connectivity index (χ4n) is 10.6. The number of allylic oxidation sites excluding steroid dienone is 12. The van der Waals surface area contributed by atoms with Crippen LogP contribution < -0.4 is 0 Å². The molecule has 0 aliphatic rings. The average molecular weight is 1150 g/mol. The molecule has 0 aliphatic heterocycles. The zero-order valence-corrected chi connectivity index (χ0v) is 54.8. The van der Waals surface area contributed by atoms with Gasteiger partial charge in [0.2, 0.25) is 0 Å². The Morgan fingerprint density at radius 1 is 0.256 bits per heavy atom. The molecule has 0 saturated heterocycles. The van der Waals surface area contributed by atoms with E-state index in [0.29, 0.717) is 19.3 Å². The van der Waals surface area contributed by atoms with Crippen molar-refractivity contribution in [2.75, 3.05) is 13.2 Å². The van der Waals surface area contributed by atoms with Crippen LogP contribution in [0, 0.1) is 0 Å². The maximum Gasteiger partial charge on any atom is 0.306 e. The van der Waals surface area contributed by atoms with E-state index < -0.39 is 6.10 Å². The van der Waals surface area contributed by atoms with Crippen molar-refractivity contribution in [2.24, 2.45) is 0 Å². The Hall–Kier alpha value is -3.15. The van der Waals surface area contributed by atoms with Crippen molar-refractivity contribution in [3.05, 3.63) is 72.9 Å². The molecule has 0 rings (SSSR count). The van der Waals surface area contributed by atoms with Gasteiger partial charge in [-0.1, -0.05) is 338 Å². The number of hydrogen-bond acceptors (Lipinski definition) is 6. The van der Waals surface area contributed by atoms with Crippen LogP contribution >= 0.6 is 0 Å². The molecule has 476 valence electrons. The highest BCUT2D eigenvalue weighted by Gasteiger charge is 2.19. The Balaban J connectivity index is 4.30. The maximum atomic E-state index is 13.0.